The third-order valence-electron chi connectivity index (χ3n) is 5.19. The first-order chi connectivity index (χ1) is 16.4. The van der Waals surface area contributed by atoms with Crippen molar-refractivity contribution < 1.29 is 23.5 Å². The molecule has 34 heavy (non-hydrogen) atoms. The molecule has 10 heteroatoms. The number of rotatable bonds is 5. The van der Waals surface area contributed by atoms with Crippen LogP contribution in [0, 0.1) is 5.82 Å². The molecular formula is C24H20FN5O4. The zero-order chi connectivity index (χ0) is 24.2. The minimum Gasteiger partial charge on any atom is -0.494 e. The summed E-state index contributed by atoms with van der Waals surface area (Å²) in [5, 5.41) is 12.2. The molecule has 0 aliphatic heterocycles. The molecule has 0 aliphatic rings. The number of methoxy groups -OCH3 is 2. The maximum atomic E-state index is 13.8. The number of halogens is 1. The highest BCUT2D eigenvalue weighted by atomic mass is 19.1. The third-order valence-corrected chi connectivity index (χ3v) is 5.19. The zero-order valence-electron chi connectivity index (χ0n) is 18.6. The normalized spacial score (nSPS) is 10.6. The lowest BCUT2D eigenvalue weighted by Crippen LogP contribution is -2.26. The van der Waals surface area contributed by atoms with Crippen molar-refractivity contribution in [2.24, 2.45) is 0 Å². The summed E-state index contributed by atoms with van der Waals surface area (Å²) in [4.78, 5) is 30.2. The summed E-state index contributed by atoms with van der Waals surface area (Å²) >= 11 is 0. The van der Waals surface area contributed by atoms with Gasteiger partial charge in [0.05, 0.1) is 20.4 Å². The van der Waals surface area contributed by atoms with Crippen molar-refractivity contribution in [1.82, 2.24) is 15.2 Å². The second kappa shape index (κ2) is 9.49. The number of amides is 2. The smallest absolute Gasteiger partial charge is 0.412 e. The van der Waals surface area contributed by atoms with Gasteiger partial charge in [0.25, 0.3) is 5.91 Å². The standard InChI is InChI=1S/C24H20FN5O4/c1-30(17-7-8-19(25)20(11-17)33-2)23(31)14-4-5-15-13-27-29-22(18(15)10-14)16-6-9-21(26-12-16)28-24(32)34-3/h4-13H,1-3H3,(H,26,28,32). The van der Waals surface area contributed by atoms with E-state index in [4.69, 9.17) is 4.74 Å². The number of hydrogen-bond donors (Lipinski definition) is 1. The quantitative estimate of drug-likeness (QED) is 0.472. The third kappa shape index (κ3) is 4.46. The van der Waals surface area contributed by atoms with Crippen LogP contribution >= 0.6 is 0 Å². The highest BCUT2D eigenvalue weighted by molar-refractivity contribution is 6.09. The molecule has 9 nitrogen and oxygen atoms in total. The van der Waals surface area contributed by atoms with E-state index in [0.29, 0.717) is 33.7 Å². The van der Waals surface area contributed by atoms with E-state index >= 15 is 0 Å². The molecule has 2 aromatic heterocycles. The number of nitrogens with zero attached hydrogens (tertiary/aromatic N) is 4. The molecule has 2 aromatic carbocycles. The predicted octanol–water partition coefficient (Wildman–Crippen LogP) is 4.29. The van der Waals surface area contributed by atoms with Crippen LogP contribution in [0.25, 0.3) is 22.0 Å². The fourth-order valence-electron chi connectivity index (χ4n) is 3.35. The molecule has 0 bridgehead atoms. The fraction of sp³-hybridized carbons (Fsp3) is 0.125. The topological polar surface area (TPSA) is 107 Å². The van der Waals surface area contributed by atoms with E-state index in [2.05, 4.69) is 25.2 Å². The van der Waals surface area contributed by atoms with Crippen LogP contribution in [0.1, 0.15) is 10.4 Å². The molecule has 2 heterocycles. The molecule has 0 unspecified atom stereocenters. The van der Waals surface area contributed by atoms with Crippen LogP contribution in [0.2, 0.25) is 0 Å². The molecule has 0 spiro atoms. The Labute approximate surface area is 194 Å². The largest absolute Gasteiger partial charge is 0.494 e. The molecule has 4 rings (SSSR count). The molecule has 0 saturated heterocycles. The molecular weight excluding hydrogens is 441 g/mol. The summed E-state index contributed by atoms with van der Waals surface area (Å²) in [5.74, 6) is -0.446. The van der Waals surface area contributed by atoms with Crippen molar-refractivity contribution in [3.63, 3.8) is 0 Å². The van der Waals surface area contributed by atoms with Crippen molar-refractivity contribution in [3.8, 4) is 17.0 Å². The van der Waals surface area contributed by atoms with Crippen LogP contribution in [0.15, 0.2) is 60.9 Å². The number of aromatic nitrogens is 3. The lowest BCUT2D eigenvalue weighted by molar-refractivity contribution is 0.0993. The number of anilines is 2. The van der Waals surface area contributed by atoms with Crippen LogP contribution in [-0.2, 0) is 4.74 Å². The Kier molecular flexibility index (Phi) is 6.30. The van der Waals surface area contributed by atoms with Gasteiger partial charge >= 0.3 is 6.09 Å². The van der Waals surface area contributed by atoms with Gasteiger partial charge in [-0.15, -0.1) is 5.10 Å². The van der Waals surface area contributed by atoms with Gasteiger partial charge in [0.2, 0.25) is 0 Å². The minimum absolute atomic E-state index is 0.0471. The SMILES string of the molecule is COC(=O)Nc1ccc(-c2nncc3ccc(C(=O)N(C)c4ccc(F)c(OC)c4)cc23)cn1. The molecule has 0 fully saturated rings. The first-order valence-electron chi connectivity index (χ1n) is 10.1. The van der Waals surface area contributed by atoms with Gasteiger partial charge in [0, 0.05) is 46.9 Å². The number of ether oxygens (including phenoxy) is 2. The summed E-state index contributed by atoms with van der Waals surface area (Å²) in [6.07, 6.45) is 2.51. The Balaban J connectivity index is 1.68. The van der Waals surface area contributed by atoms with Gasteiger partial charge in [0.1, 0.15) is 11.5 Å². The van der Waals surface area contributed by atoms with Crippen LogP contribution in [0.5, 0.6) is 5.75 Å². The highest BCUT2D eigenvalue weighted by Crippen LogP contribution is 2.29. The lowest BCUT2D eigenvalue weighted by atomic mass is 10.0. The number of carbonyl (C=O) groups excluding carboxylic acids is 2. The number of carbonyl (C=O) groups is 2. The fourth-order valence-corrected chi connectivity index (χ4v) is 3.35. The maximum Gasteiger partial charge on any atom is 0.412 e. The number of benzene rings is 2. The average molecular weight is 461 g/mol. The van der Waals surface area contributed by atoms with Gasteiger partial charge in [-0.3, -0.25) is 10.1 Å². The lowest BCUT2D eigenvalue weighted by Gasteiger charge is -2.19. The Morgan fingerprint density at radius 3 is 2.56 bits per heavy atom. The van der Waals surface area contributed by atoms with Gasteiger partial charge in [-0.25, -0.2) is 14.2 Å². The summed E-state index contributed by atoms with van der Waals surface area (Å²) < 4.78 is 23.3. The first-order valence-corrected chi connectivity index (χ1v) is 10.1. The second-order valence-corrected chi connectivity index (χ2v) is 7.23. The minimum atomic E-state index is -0.628. The van der Waals surface area contributed by atoms with E-state index in [0.717, 1.165) is 5.39 Å². The summed E-state index contributed by atoms with van der Waals surface area (Å²) in [6, 6.07) is 12.7. The van der Waals surface area contributed by atoms with Crippen LogP contribution in [-0.4, -0.2) is 48.4 Å². The zero-order valence-corrected chi connectivity index (χ0v) is 18.6. The molecule has 4 aromatic rings. The molecule has 1 N–H and O–H groups in total. The first kappa shape index (κ1) is 22.6. The summed E-state index contributed by atoms with van der Waals surface area (Å²) in [6.45, 7) is 0. The predicted molar refractivity (Wildman–Crippen MR) is 124 cm³/mol. The second-order valence-electron chi connectivity index (χ2n) is 7.23. The van der Waals surface area contributed by atoms with E-state index in [1.165, 1.54) is 37.3 Å². The molecule has 0 atom stereocenters. The van der Waals surface area contributed by atoms with Crippen molar-refractivity contribution in [2.45, 2.75) is 0 Å². The monoisotopic (exact) mass is 461 g/mol. The van der Waals surface area contributed by atoms with E-state index in [1.54, 1.807) is 49.8 Å². The molecule has 2 amide bonds. The van der Waals surface area contributed by atoms with Crippen molar-refractivity contribution >= 4 is 34.3 Å². The Bertz CT molecular complexity index is 1380. The summed E-state index contributed by atoms with van der Waals surface area (Å²) in [5.41, 5.74) is 2.06. The Hall–Kier alpha value is -4.60. The maximum absolute atomic E-state index is 13.8. The number of fused-ring (bicyclic) bond motifs is 1. The Morgan fingerprint density at radius 2 is 1.85 bits per heavy atom. The molecule has 0 saturated carbocycles. The molecule has 0 radical (unpaired) electrons. The van der Waals surface area contributed by atoms with E-state index < -0.39 is 11.9 Å². The number of nitrogens with one attached hydrogen (secondary N) is 1. The molecule has 172 valence electrons. The van der Waals surface area contributed by atoms with Crippen LogP contribution in [0.4, 0.5) is 20.7 Å². The van der Waals surface area contributed by atoms with E-state index in [1.807, 2.05) is 0 Å². The van der Waals surface area contributed by atoms with E-state index in [9.17, 15) is 14.0 Å². The number of pyridine rings is 1. The van der Waals surface area contributed by atoms with Crippen molar-refractivity contribution in [2.75, 3.05) is 31.5 Å². The average Bonchev–Trinajstić information content (AvgIpc) is 2.87. The highest BCUT2D eigenvalue weighted by Gasteiger charge is 2.17. The Morgan fingerprint density at radius 1 is 1.03 bits per heavy atom. The van der Waals surface area contributed by atoms with Crippen LogP contribution in [0.3, 0.4) is 0 Å². The van der Waals surface area contributed by atoms with Crippen LogP contribution < -0.4 is 15.0 Å². The van der Waals surface area contributed by atoms with Gasteiger partial charge < -0.3 is 14.4 Å². The van der Waals surface area contributed by atoms with Crippen molar-refractivity contribution in [3.05, 3.63) is 72.3 Å². The summed E-state index contributed by atoms with van der Waals surface area (Å²) in [7, 11) is 4.23. The van der Waals surface area contributed by atoms with Gasteiger partial charge in [-0.05, 0) is 36.4 Å². The molecule has 0 aliphatic carbocycles. The van der Waals surface area contributed by atoms with Gasteiger partial charge in [-0.2, -0.15) is 5.10 Å². The van der Waals surface area contributed by atoms with Crippen molar-refractivity contribution in [1.29, 1.82) is 0 Å². The number of hydrogen-bond acceptors (Lipinski definition) is 7. The van der Waals surface area contributed by atoms with E-state index in [-0.39, 0.29) is 11.7 Å². The van der Waals surface area contributed by atoms with Gasteiger partial charge in [-0.1, -0.05) is 6.07 Å². The van der Waals surface area contributed by atoms with Gasteiger partial charge in [0.15, 0.2) is 11.6 Å².